The summed E-state index contributed by atoms with van der Waals surface area (Å²) in [5.41, 5.74) is 3.80. The molecule has 0 amide bonds. The molecule has 5 heteroatoms. The molecule has 0 saturated heterocycles. The van der Waals surface area contributed by atoms with Crippen LogP contribution >= 0.6 is 23.6 Å². The first-order valence-corrected chi connectivity index (χ1v) is 6.16. The Labute approximate surface area is 104 Å². The number of nitrogens with zero attached hydrogens (tertiary/aromatic N) is 1. The molecule has 2 N–H and O–H groups in total. The zero-order chi connectivity index (χ0) is 11.2. The Kier molecular flexibility index (Phi) is 3.85. The number of rotatable bonds is 3. The second-order valence-corrected chi connectivity index (χ2v) is 4.28. The molecule has 1 aromatic heterocycles. The van der Waals surface area contributed by atoms with Crippen molar-refractivity contribution in [1.82, 2.24) is 10.3 Å². The van der Waals surface area contributed by atoms with Crippen molar-refractivity contribution in [2.75, 3.05) is 5.32 Å². The monoisotopic (exact) mass is 249 g/mol. The summed E-state index contributed by atoms with van der Waals surface area (Å²) in [5, 5.41) is 8.81. The number of aromatic nitrogens is 1. The summed E-state index contributed by atoms with van der Waals surface area (Å²) >= 11 is 6.74. The lowest BCUT2D eigenvalue weighted by molar-refractivity contribution is 0.893. The number of hydrogen-bond acceptors (Lipinski definition) is 3. The lowest BCUT2D eigenvalue weighted by Gasteiger charge is -2.08. The molecule has 2 aromatic rings. The van der Waals surface area contributed by atoms with E-state index in [0.717, 1.165) is 11.4 Å². The van der Waals surface area contributed by atoms with E-state index in [1.807, 2.05) is 41.2 Å². The van der Waals surface area contributed by atoms with Crippen LogP contribution in [0.1, 0.15) is 5.69 Å². The molecule has 0 fully saturated rings. The van der Waals surface area contributed by atoms with Gasteiger partial charge in [0.25, 0.3) is 0 Å². The van der Waals surface area contributed by atoms with E-state index in [1.54, 1.807) is 11.3 Å². The van der Waals surface area contributed by atoms with Crippen LogP contribution in [0.5, 0.6) is 0 Å². The molecule has 0 aliphatic carbocycles. The molecule has 2 rings (SSSR count). The maximum Gasteiger partial charge on any atom is 0.171 e. The standard InChI is InChI=1S/C11H11N3S2/c15-11(12-6-10-7-16-8-13-10)14-9-4-2-1-3-5-9/h1-5,7-8H,6H2,(H2,12,14,15). The minimum absolute atomic E-state index is 0.610. The van der Waals surface area contributed by atoms with Gasteiger partial charge < -0.3 is 10.6 Å². The molecular formula is C11H11N3S2. The molecule has 16 heavy (non-hydrogen) atoms. The van der Waals surface area contributed by atoms with Crippen LogP contribution < -0.4 is 10.6 Å². The van der Waals surface area contributed by atoms with Gasteiger partial charge in [-0.15, -0.1) is 11.3 Å². The van der Waals surface area contributed by atoms with Crippen molar-refractivity contribution in [3.63, 3.8) is 0 Å². The molecule has 0 radical (unpaired) electrons. The van der Waals surface area contributed by atoms with Gasteiger partial charge in [-0.25, -0.2) is 4.98 Å². The number of para-hydroxylation sites is 1. The van der Waals surface area contributed by atoms with Crippen molar-refractivity contribution >= 4 is 34.4 Å². The highest BCUT2D eigenvalue weighted by atomic mass is 32.1. The first-order valence-electron chi connectivity index (χ1n) is 4.81. The molecule has 0 bridgehead atoms. The van der Waals surface area contributed by atoms with Crippen LogP contribution in [-0.4, -0.2) is 10.1 Å². The number of hydrogen-bond donors (Lipinski definition) is 2. The summed E-state index contributed by atoms with van der Waals surface area (Å²) in [6.07, 6.45) is 0. The molecule has 82 valence electrons. The maximum absolute atomic E-state index is 5.16. The summed E-state index contributed by atoms with van der Waals surface area (Å²) in [5.74, 6) is 0. The van der Waals surface area contributed by atoms with E-state index in [2.05, 4.69) is 15.6 Å². The van der Waals surface area contributed by atoms with Crippen molar-refractivity contribution in [3.8, 4) is 0 Å². The summed E-state index contributed by atoms with van der Waals surface area (Å²) in [6.45, 7) is 0.655. The third kappa shape index (κ3) is 3.29. The van der Waals surface area contributed by atoms with Crippen LogP contribution in [0.4, 0.5) is 5.69 Å². The quantitative estimate of drug-likeness (QED) is 0.820. The first-order chi connectivity index (χ1) is 7.84. The van der Waals surface area contributed by atoms with Crippen LogP contribution in [-0.2, 0) is 6.54 Å². The van der Waals surface area contributed by atoms with Gasteiger partial charge >= 0.3 is 0 Å². The highest BCUT2D eigenvalue weighted by Gasteiger charge is 1.98. The third-order valence-electron chi connectivity index (χ3n) is 1.95. The Morgan fingerprint density at radius 1 is 1.31 bits per heavy atom. The Hall–Kier alpha value is -1.46. The van der Waals surface area contributed by atoms with Crippen LogP contribution in [0, 0.1) is 0 Å². The third-order valence-corrected chi connectivity index (χ3v) is 2.83. The smallest absolute Gasteiger partial charge is 0.171 e. The van der Waals surface area contributed by atoms with Gasteiger partial charge in [0.2, 0.25) is 0 Å². The lowest BCUT2D eigenvalue weighted by atomic mass is 10.3. The molecule has 1 aromatic carbocycles. The van der Waals surface area contributed by atoms with Gasteiger partial charge in [0.1, 0.15) is 0 Å². The normalized spacial score (nSPS) is 9.75. The Bertz CT molecular complexity index is 440. The van der Waals surface area contributed by atoms with Gasteiger partial charge in [-0.1, -0.05) is 18.2 Å². The van der Waals surface area contributed by atoms with Gasteiger partial charge in [-0.2, -0.15) is 0 Å². The molecular weight excluding hydrogens is 238 g/mol. The largest absolute Gasteiger partial charge is 0.357 e. The van der Waals surface area contributed by atoms with Gasteiger partial charge in [0.05, 0.1) is 17.7 Å². The van der Waals surface area contributed by atoms with Gasteiger partial charge in [-0.05, 0) is 24.4 Å². The SMILES string of the molecule is S=C(NCc1cscn1)Nc1ccccc1. The van der Waals surface area contributed by atoms with Crippen molar-refractivity contribution in [2.45, 2.75) is 6.54 Å². The number of nitrogens with one attached hydrogen (secondary N) is 2. The summed E-state index contributed by atoms with van der Waals surface area (Å²) < 4.78 is 0. The summed E-state index contributed by atoms with van der Waals surface area (Å²) in [4.78, 5) is 4.16. The topological polar surface area (TPSA) is 37.0 Å². The predicted octanol–water partition coefficient (Wildman–Crippen LogP) is 2.63. The van der Waals surface area contributed by atoms with E-state index in [9.17, 15) is 0 Å². The van der Waals surface area contributed by atoms with Crippen molar-refractivity contribution in [3.05, 3.63) is 46.9 Å². The molecule has 0 unspecified atom stereocenters. The van der Waals surface area contributed by atoms with E-state index in [1.165, 1.54) is 0 Å². The summed E-state index contributed by atoms with van der Waals surface area (Å²) in [7, 11) is 0. The predicted molar refractivity (Wildman–Crippen MR) is 71.6 cm³/mol. The number of anilines is 1. The molecule has 0 spiro atoms. The Morgan fingerprint density at radius 2 is 2.12 bits per heavy atom. The molecule has 3 nitrogen and oxygen atoms in total. The highest BCUT2D eigenvalue weighted by molar-refractivity contribution is 7.80. The molecule has 0 saturated carbocycles. The van der Waals surface area contributed by atoms with E-state index in [0.29, 0.717) is 11.7 Å². The van der Waals surface area contributed by atoms with Crippen molar-refractivity contribution < 1.29 is 0 Å². The Morgan fingerprint density at radius 3 is 2.81 bits per heavy atom. The number of benzene rings is 1. The molecule has 1 heterocycles. The fourth-order valence-electron chi connectivity index (χ4n) is 1.19. The average Bonchev–Trinajstić information content (AvgIpc) is 2.81. The van der Waals surface area contributed by atoms with E-state index < -0.39 is 0 Å². The van der Waals surface area contributed by atoms with Crippen LogP contribution in [0.3, 0.4) is 0 Å². The second-order valence-electron chi connectivity index (χ2n) is 3.15. The zero-order valence-corrected chi connectivity index (χ0v) is 10.1. The number of thiocarbonyl (C=S) groups is 1. The minimum atomic E-state index is 0.610. The van der Waals surface area contributed by atoms with E-state index in [-0.39, 0.29) is 0 Å². The lowest BCUT2D eigenvalue weighted by Crippen LogP contribution is -2.27. The molecule has 0 aliphatic rings. The van der Waals surface area contributed by atoms with Crippen LogP contribution in [0.15, 0.2) is 41.2 Å². The van der Waals surface area contributed by atoms with Crippen LogP contribution in [0.25, 0.3) is 0 Å². The van der Waals surface area contributed by atoms with Gasteiger partial charge in [0, 0.05) is 11.1 Å². The zero-order valence-electron chi connectivity index (χ0n) is 8.51. The average molecular weight is 249 g/mol. The van der Waals surface area contributed by atoms with Gasteiger partial charge in [-0.3, -0.25) is 0 Å². The van der Waals surface area contributed by atoms with Crippen molar-refractivity contribution in [1.29, 1.82) is 0 Å². The molecule has 0 aliphatic heterocycles. The fourth-order valence-corrected chi connectivity index (χ4v) is 1.94. The van der Waals surface area contributed by atoms with E-state index in [4.69, 9.17) is 12.2 Å². The fraction of sp³-hybridized carbons (Fsp3) is 0.0909. The van der Waals surface area contributed by atoms with Crippen LogP contribution in [0.2, 0.25) is 0 Å². The maximum atomic E-state index is 5.16. The number of thiazole rings is 1. The van der Waals surface area contributed by atoms with Gasteiger partial charge in [0.15, 0.2) is 5.11 Å². The van der Waals surface area contributed by atoms with Crippen molar-refractivity contribution in [2.24, 2.45) is 0 Å². The highest BCUT2D eigenvalue weighted by Crippen LogP contribution is 2.05. The summed E-state index contributed by atoms with van der Waals surface area (Å²) in [6, 6.07) is 9.83. The minimum Gasteiger partial charge on any atom is -0.357 e. The Balaban J connectivity index is 1.81. The molecule has 0 atom stereocenters. The first kappa shape index (κ1) is 11.0. The van der Waals surface area contributed by atoms with E-state index >= 15 is 0 Å². The second kappa shape index (κ2) is 5.58.